The highest BCUT2D eigenvalue weighted by molar-refractivity contribution is 7.10. The molecule has 168 valence electrons. The van der Waals surface area contributed by atoms with Crippen LogP contribution < -0.4 is 10.1 Å². The van der Waals surface area contributed by atoms with Gasteiger partial charge in [0.15, 0.2) is 0 Å². The smallest absolute Gasteiger partial charge is 0.318 e. The standard InChI is InChI=1S/C23H30FN3O3S/c1-4-16(3)27(23(29)25-5-2)14-22(28)26-11-9-21-19(10-12-31-21)20(26)15-30-18-8-6-7-17(24)13-18/h6-8,10,12-13,16,20H,4-5,9,11,14-15H2,1-3H3,(H,25,29)/t16-,20-/m1/s1. The minimum atomic E-state index is -0.364. The van der Waals surface area contributed by atoms with Crippen molar-refractivity contribution in [3.8, 4) is 5.75 Å². The maximum Gasteiger partial charge on any atom is 0.318 e. The van der Waals surface area contributed by atoms with Crippen LogP contribution >= 0.6 is 11.3 Å². The molecule has 3 amide bonds. The second-order valence-electron chi connectivity index (χ2n) is 7.64. The maximum absolute atomic E-state index is 13.5. The van der Waals surface area contributed by atoms with E-state index in [1.165, 1.54) is 17.0 Å². The van der Waals surface area contributed by atoms with Gasteiger partial charge in [0.05, 0.1) is 6.04 Å². The van der Waals surface area contributed by atoms with E-state index in [9.17, 15) is 14.0 Å². The normalized spacial score (nSPS) is 16.4. The molecule has 6 nitrogen and oxygen atoms in total. The van der Waals surface area contributed by atoms with E-state index in [1.54, 1.807) is 33.3 Å². The van der Waals surface area contributed by atoms with Crippen LogP contribution in [0.1, 0.15) is 43.7 Å². The number of ether oxygens (including phenoxy) is 1. The lowest BCUT2D eigenvalue weighted by Gasteiger charge is -2.38. The second-order valence-corrected chi connectivity index (χ2v) is 8.64. The summed E-state index contributed by atoms with van der Waals surface area (Å²) in [6, 6.07) is 7.46. The van der Waals surface area contributed by atoms with E-state index < -0.39 is 0 Å². The lowest BCUT2D eigenvalue weighted by atomic mass is 10.00. The van der Waals surface area contributed by atoms with Crippen LogP contribution in [0, 0.1) is 5.82 Å². The molecule has 1 aliphatic heterocycles. The predicted molar refractivity (Wildman–Crippen MR) is 120 cm³/mol. The Labute approximate surface area is 187 Å². The molecule has 8 heteroatoms. The van der Waals surface area contributed by atoms with E-state index in [0.29, 0.717) is 18.8 Å². The van der Waals surface area contributed by atoms with E-state index in [-0.39, 0.29) is 43.0 Å². The number of amides is 3. The number of benzene rings is 1. The molecule has 31 heavy (non-hydrogen) atoms. The fourth-order valence-electron chi connectivity index (χ4n) is 3.74. The van der Waals surface area contributed by atoms with E-state index in [0.717, 1.165) is 18.4 Å². The molecule has 2 aromatic rings. The summed E-state index contributed by atoms with van der Waals surface area (Å²) in [5, 5.41) is 4.82. The zero-order valence-corrected chi connectivity index (χ0v) is 19.1. The van der Waals surface area contributed by atoms with Gasteiger partial charge in [0, 0.05) is 30.1 Å². The summed E-state index contributed by atoms with van der Waals surface area (Å²) < 4.78 is 19.4. The molecule has 0 aliphatic carbocycles. The second kappa shape index (κ2) is 10.6. The summed E-state index contributed by atoms with van der Waals surface area (Å²) in [6.45, 7) is 7.10. The van der Waals surface area contributed by atoms with Gasteiger partial charge < -0.3 is 19.9 Å². The van der Waals surface area contributed by atoms with Gasteiger partial charge in [0.1, 0.15) is 24.7 Å². The Morgan fingerprint density at radius 2 is 2.16 bits per heavy atom. The number of hydrogen-bond donors (Lipinski definition) is 1. The molecule has 2 atom stereocenters. The maximum atomic E-state index is 13.5. The number of thiophene rings is 1. The summed E-state index contributed by atoms with van der Waals surface area (Å²) in [6.07, 6.45) is 1.53. The van der Waals surface area contributed by atoms with Crippen molar-refractivity contribution in [1.29, 1.82) is 0 Å². The largest absolute Gasteiger partial charge is 0.491 e. The number of fused-ring (bicyclic) bond motifs is 1. The van der Waals surface area contributed by atoms with Gasteiger partial charge in [-0.25, -0.2) is 9.18 Å². The van der Waals surface area contributed by atoms with Crippen LogP contribution in [0.5, 0.6) is 5.75 Å². The Hall–Kier alpha value is -2.61. The Bertz CT molecular complexity index is 904. The number of carbonyl (C=O) groups is 2. The third-order valence-electron chi connectivity index (χ3n) is 5.64. The van der Waals surface area contributed by atoms with Crippen molar-refractivity contribution in [2.24, 2.45) is 0 Å². The van der Waals surface area contributed by atoms with Crippen molar-refractivity contribution in [3.63, 3.8) is 0 Å². The molecular weight excluding hydrogens is 417 g/mol. The first-order chi connectivity index (χ1) is 14.9. The van der Waals surface area contributed by atoms with Crippen LogP contribution in [-0.4, -0.2) is 54.0 Å². The molecular formula is C23H30FN3O3S. The van der Waals surface area contributed by atoms with Crippen molar-refractivity contribution >= 4 is 23.3 Å². The zero-order valence-electron chi connectivity index (χ0n) is 18.3. The first-order valence-corrected chi connectivity index (χ1v) is 11.6. The van der Waals surface area contributed by atoms with Gasteiger partial charge in [-0.1, -0.05) is 13.0 Å². The molecule has 0 fully saturated rings. The molecule has 0 bridgehead atoms. The summed E-state index contributed by atoms with van der Waals surface area (Å²) >= 11 is 1.67. The van der Waals surface area contributed by atoms with Gasteiger partial charge in [0.2, 0.25) is 5.91 Å². The van der Waals surface area contributed by atoms with Crippen LogP contribution in [0.3, 0.4) is 0 Å². The van der Waals surface area contributed by atoms with Crippen molar-refractivity contribution in [1.82, 2.24) is 15.1 Å². The Balaban J connectivity index is 1.78. The summed E-state index contributed by atoms with van der Waals surface area (Å²) in [5.74, 6) is -0.0500. The molecule has 0 saturated carbocycles. The molecule has 0 saturated heterocycles. The summed E-state index contributed by atoms with van der Waals surface area (Å²) in [4.78, 5) is 30.5. The van der Waals surface area contributed by atoms with Crippen molar-refractivity contribution in [2.75, 3.05) is 26.2 Å². The predicted octanol–water partition coefficient (Wildman–Crippen LogP) is 4.22. The molecule has 1 aliphatic rings. The lowest BCUT2D eigenvalue weighted by Crippen LogP contribution is -2.52. The van der Waals surface area contributed by atoms with Crippen molar-refractivity contribution < 1.29 is 18.7 Å². The van der Waals surface area contributed by atoms with Gasteiger partial charge in [-0.15, -0.1) is 11.3 Å². The summed E-state index contributed by atoms with van der Waals surface area (Å²) in [5.41, 5.74) is 1.06. The van der Waals surface area contributed by atoms with Crippen LogP contribution in [0.4, 0.5) is 9.18 Å². The monoisotopic (exact) mass is 447 g/mol. The van der Waals surface area contributed by atoms with Crippen LogP contribution in [0.15, 0.2) is 35.7 Å². The van der Waals surface area contributed by atoms with Gasteiger partial charge in [0.25, 0.3) is 0 Å². The number of rotatable bonds is 8. The first kappa shape index (κ1) is 23.1. The molecule has 1 aromatic heterocycles. The van der Waals surface area contributed by atoms with Crippen LogP contribution in [0.25, 0.3) is 0 Å². The average molecular weight is 448 g/mol. The highest BCUT2D eigenvalue weighted by atomic mass is 32.1. The van der Waals surface area contributed by atoms with E-state index in [1.807, 2.05) is 32.2 Å². The zero-order chi connectivity index (χ0) is 22.4. The Morgan fingerprint density at radius 1 is 1.35 bits per heavy atom. The van der Waals surface area contributed by atoms with Gasteiger partial charge in [-0.05, 0) is 55.8 Å². The third kappa shape index (κ3) is 5.55. The number of carbonyl (C=O) groups excluding carboxylic acids is 2. The molecule has 0 radical (unpaired) electrons. The number of nitrogens with zero attached hydrogens (tertiary/aromatic N) is 2. The molecule has 2 heterocycles. The number of urea groups is 1. The van der Waals surface area contributed by atoms with Crippen molar-refractivity contribution in [2.45, 2.75) is 45.7 Å². The van der Waals surface area contributed by atoms with Crippen LogP contribution in [0.2, 0.25) is 0 Å². The number of nitrogens with one attached hydrogen (secondary N) is 1. The number of hydrogen-bond acceptors (Lipinski definition) is 4. The minimum Gasteiger partial charge on any atom is -0.491 e. The van der Waals surface area contributed by atoms with Gasteiger partial charge in [-0.2, -0.15) is 0 Å². The quantitative estimate of drug-likeness (QED) is 0.659. The van der Waals surface area contributed by atoms with E-state index in [2.05, 4.69) is 5.32 Å². The average Bonchev–Trinajstić information content (AvgIpc) is 3.24. The highest BCUT2D eigenvalue weighted by Crippen LogP contribution is 2.34. The lowest BCUT2D eigenvalue weighted by molar-refractivity contribution is -0.135. The van der Waals surface area contributed by atoms with E-state index in [4.69, 9.17) is 4.74 Å². The molecule has 1 N–H and O–H groups in total. The third-order valence-corrected chi connectivity index (χ3v) is 6.63. The SMILES string of the molecule is CCNC(=O)N(CC(=O)N1CCc2sccc2[C@H]1COc1cccc(F)c1)[C@H](C)CC. The van der Waals surface area contributed by atoms with Gasteiger partial charge >= 0.3 is 6.03 Å². The molecule has 0 spiro atoms. The summed E-state index contributed by atoms with van der Waals surface area (Å²) in [7, 11) is 0. The fourth-order valence-corrected chi connectivity index (χ4v) is 4.67. The molecule has 0 unspecified atom stereocenters. The van der Waals surface area contributed by atoms with Crippen molar-refractivity contribution in [3.05, 3.63) is 52.0 Å². The highest BCUT2D eigenvalue weighted by Gasteiger charge is 2.34. The van der Waals surface area contributed by atoms with Crippen LogP contribution in [-0.2, 0) is 11.2 Å². The first-order valence-electron chi connectivity index (χ1n) is 10.7. The number of halogens is 1. The topological polar surface area (TPSA) is 61.9 Å². The Kier molecular flexibility index (Phi) is 7.90. The molecule has 1 aromatic carbocycles. The van der Waals surface area contributed by atoms with E-state index >= 15 is 0 Å². The minimum absolute atomic E-state index is 0.0107. The fraction of sp³-hybridized carbons (Fsp3) is 0.478. The Morgan fingerprint density at radius 3 is 2.87 bits per heavy atom. The van der Waals surface area contributed by atoms with Gasteiger partial charge in [-0.3, -0.25) is 4.79 Å². The molecule has 3 rings (SSSR count).